The topological polar surface area (TPSA) is 88.6 Å². The summed E-state index contributed by atoms with van der Waals surface area (Å²) in [5.41, 5.74) is 5.06. The summed E-state index contributed by atoms with van der Waals surface area (Å²) in [6, 6.07) is 16.8. The Hall–Kier alpha value is -3.87. The molecule has 0 fully saturated rings. The molecule has 0 radical (unpaired) electrons. The number of carbonyl (C=O) groups is 1. The van der Waals surface area contributed by atoms with Gasteiger partial charge < -0.3 is 9.47 Å². The summed E-state index contributed by atoms with van der Waals surface area (Å²) in [5.74, 6) is 0.896. The number of H-pyrrole nitrogens is 1. The summed E-state index contributed by atoms with van der Waals surface area (Å²) in [6.45, 7) is 0. The molecule has 0 bridgehead atoms. The molecule has 0 aliphatic carbocycles. The van der Waals surface area contributed by atoms with Crippen molar-refractivity contribution in [3.8, 4) is 22.8 Å². The van der Waals surface area contributed by atoms with Gasteiger partial charge in [-0.05, 0) is 35.9 Å². The normalized spacial score (nSPS) is 11.1. The maximum absolute atomic E-state index is 12.2. The first-order chi connectivity index (χ1) is 13.7. The van der Waals surface area contributed by atoms with Crippen LogP contribution in [0.25, 0.3) is 17.3 Å². The summed E-state index contributed by atoms with van der Waals surface area (Å²) < 4.78 is 10.6. The number of hydrogen-bond acceptors (Lipinski definition) is 5. The molecule has 7 heteroatoms. The van der Waals surface area contributed by atoms with Crippen molar-refractivity contribution >= 4 is 18.2 Å². The Bertz CT molecular complexity index is 994. The molecule has 3 rings (SSSR count). The lowest BCUT2D eigenvalue weighted by atomic mass is 10.1. The number of nitrogens with zero attached hydrogens (tertiary/aromatic N) is 2. The van der Waals surface area contributed by atoms with Gasteiger partial charge in [-0.3, -0.25) is 9.89 Å². The second-order valence-electron chi connectivity index (χ2n) is 5.72. The molecular weight excluding hydrogens is 356 g/mol. The lowest BCUT2D eigenvalue weighted by Crippen LogP contribution is -2.17. The second kappa shape index (κ2) is 9.18. The van der Waals surface area contributed by atoms with Crippen molar-refractivity contribution in [3.63, 3.8) is 0 Å². The van der Waals surface area contributed by atoms with Crippen LogP contribution in [0.2, 0.25) is 0 Å². The number of aromatic amines is 1. The number of allylic oxidation sites excluding steroid dienone is 1. The zero-order valence-electron chi connectivity index (χ0n) is 15.5. The highest BCUT2D eigenvalue weighted by Crippen LogP contribution is 2.32. The SMILES string of the molecule is COc1ccc(OC)c(-c2cc(C(=O)N/N=C/C=C/c3ccccc3)[nH]n2)c1. The highest BCUT2D eigenvalue weighted by atomic mass is 16.5. The van der Waals surface area contributed by atoms with Gasteiger partial charge in [-0.1, -0.05) is 36.4 Å². The fraction of sp³-hybridized carbons (Fsp3) is 0.0952. The first kappa shape index (κ1) is 18.9. The average molecular weight is 376 g/mol. The van der Waals surface area contributed by atoms with E-state index < -0.39 is 5.91 Å². The van der Waals surface area contributed by atoms with Gasteiger partial charge in [0.1, 0.15) is 17.2 Å². The van der Waals surface area contributed by atoms with Gasteiger partial charge in [0, 0.05) is 11.8 Å². The molecule has 3 aromatic rings. The molecule has 0 aliphatic rings. The van der Waals surface area contributed by atoms with E-state index in [0.29, 0.717) is 22.8 Å². The third-order valence-corrected chi connectivity index (χ3v) is 3.92. The maximum Gasteiger partial charge on any atom is 0.289 e. The molecular formula is C21H20N4O3. The van der Waals surface area contributed by atoms with Crippen molar-refractivity contribution in [1.29, 1.82) is 0 Å². The molecule has 7 nitrogen and oxygen atoms in total. The lowest BCUT2D eigenvalue weighted by molar-refractivity contribution is 0.0950. The number of ether oxygens (including phenoxy) is 2. The van der Waals surface area contributed by atoms with Crippen LogP contribution < -0.4 is 14.9 Å². The van der Waals surface area contributed by atoms with Gasteiger partial charge in [-0.2, -0.15) is 10.2 Å². The number of aromatic nitrogens is 2. The minimum Gasteiger partial charge on any atom is -0.497 e. The number of methoxy groups -OCH3 is 2. The second-order valence-corrected chi connectivity index (χ2v) is 5.72. The first-order valence-corrected chi connectivity index (χ1v) is 8.54. The summed E-state index contributed by atoms with van der Waals surface area (Å²) >= 11 is 0. The molecule has 0 saturated heterocycles. The van der Waals surface area contributed by atoms with Crippen LogP contribution in [-0.2, 0) is 0 Å². The monoisotopic (exact) mass is 376 g/mol. The molecule has 28 heavy (non-hydrogen) atoms. The Kier molecular flexibility index (Phi) is 6.20. The number of rotatable bonds is 7. The minimum atomic E-state index is -0.398. The summed E-state index contributed by atoms with van der Waals surface area (Å²) in [7, 11) is 3.16. The summed E-state index contributed by atoms with van der Waals surface area (Å²) in [6.07, 6.45) is 5.14. The molecule has 0 aliphatic heterocycles. The number of amides is 1. The van der Waals surface area contributed by atoms with Gasteiger partial charge in [0.25, 0.3) is 5.91 Å². The Balaban J connectivity index is 1.66. The molecule has 0 spiro atoms. The van der Waals surface area contributed by atoms with Crippen LogP contribution in [-0.4, -0.2) is 36.5 Å². The van der Waals surface area contributed by atoms with Crippen molar-refractivity contribution in [3.05, 3.63) is 71.9 Å². The zero-order chi connectivity index (χ0) is 19.8. The lowest BCUT2D eigenvalue weighted by Gasteiger charge is -2.08. The fourth-order valence-corrected chi connectivity index (χ4v) is 2.51. The smallest absolute Gasteiger partial charge is 0.289 e. The molecule has 2 N–H and O–H groups in total. The molecule has 1 amide bonds. The van der Waals surface area contributed by atoms with E-state index in [9.17, 15) is 4.79 Å². The number of hydrogen-bond donors (Lipinski definition) is 2. The van der Waals surface area contributed by atoms with Gasteiger partial charge in [-0.25, -0.2) is 5.43 Å². The van der Waals surface area contributed by atoms with Gasteiger partial charge in [0.05, 0.1) is 19.9 Å². The predicted octanol–water partition coefficient (Wildman–Crippen LogP) is 3.52. The van der Waals surface area contributed by atoms with Crippen LogP contribution in [0.4, 0.5) is 0 Å². The van der Waals surface area contributed by atoms with Crippen LogP contribution >= 0.6 is 0 Å². The molecule has 0 unspecified atom stereocenters. The van der Waals surface area contributed by atoms with Gasteiger partial charge in [-0.15, -0.1) is 0 Å². The Labute approximate surface area is 162 Å². The zero-order valence-corrected chi connectivity index (χ0v) is 15.5. The van der Waals surface area contributed by atoms with Crippen molar-refractivity contribution in [2.45, 2.75) is 0 Å². The predicted molar refractivity (Wildman–Crippen MR) is 109 cm³/mol. The highest BCUT2D eigenvalue weighted by Gasteiger charge is 2.14. The van der Waals surface area contributed by atoms with Crippen molar-refractivity contribution < 1.29 is 14.3 Å². The number of hydrazone groups is 1. The standard InChI is InChI=1S/C21H20N4O3/c1-27-16-10-11-20(28-2)17(13-16)18-14-19(24-23-18)21(26)25-22-12-6-9-15-7-4-3-5-8-15/h3-14H,1-2H3,(H,23,24)(H,25,26)/b9-6+,22-12+. The molecule has 0 atom stereocenters. The molecule has 1 aromatic heterocycles. The van der Waals surface area contributed by atoms with Gasteiger partial charge in [0.2, 0.25) is 0 Å². The Morgan fingerprint density at radius 3 is 2.68 bits per heavy atom. The third kappa shape index (κ3) is 4.64. The number of nitrogens with one attached hydrogen (secondary N) is 2. The molecule has 1 heterocycles. The van der Waals surface area contributed by atoms with E-state index in [-0.39, 0.29) is 5.69 Å². The van der Waals surface area contributed by atoms with Crippen molar-refractivity contribution in [1.82, 2.24) is 15.6 Å². The maximum atomic E-state index is 12.2. The highest BCUT2D eigenvalue weighted by molar-refractivity contribution is 5.94. The van der Waals surface area contributed by atoms with E-state index >= 15 is 0 Å². The van der Waals surface area contributed by atoms with E-state index in [1.54, 1.807) is 44.6 Å². The molecule has 0 saturated carbocycles. The van der Waals surface area contributed by atoms with E-state index in [1.165, 1.54) is 6.21 Å². The molecule has 2 aromatic carbocycles. The largest absolute Gasteiger partial charge is 0.497 e. The van der Waals surface area contributed by atoms with Crippen LogP contribution in [0.1, 0.15) is 16.1 Å². The Morgan fingerprint density at radius 2 is 1.93 bits per heavy atom. The molecule has 142 valence electrons. The van der Waals surface area contributed by atoms with Crippen LogP contribution in [0.3, 0.4) is 0 Å². The van der Waals surface area contributed by atoms with E-state index in [0.717, 1.165) is 5.56 Å². The summed E-state index contributed by atoms with van der Waals surface area (Å²) in [5, 5.41) is 10.8. The quantitative estimate of drug-likeness (QED) is 0.488. The number of benzene rings is 2. The minimum absolute atomic E-state index is 0.282. The van der Waals surface area contributed by atoms with Crippen LogP contribution in [0.5, 0.6) is 11.5 Å². The van der Waals surface area contributed by atoms with Gasteiger partial charge >= 0.3 is 0 Å². The van der Waals surface area contributed by atoms with E-state index in [1.807, 2.05) is 36.4 Å². The van der Waals surface area contributed by atoms with E-state index in [2.05, 4.69) is 20.7 Å². The van der Waals surface area contributed by atoms with Crippen molar-refractivity contribution in [2.75, 3.05) is 14.2 Å². The average Bonchev–Trinajstić information content (AvgIpc) is 3.24. The fourth-order valence-electron chi connectivity index (χ4n) is 2.51. The Morgan fingerprint density at radius 1 is 1.11 bits per heavy atom. The van der Waals surface area contributed by atoms with Crippen LogP contribution in [0, 0.1) is 0 Å². The first-order valence-electron chi connectivity index (χ1n) is 8.54. The third-order valence-electron chi connectivity index (χ3n) is 3.92. The van der Waals surface area contributed by atoms with Crippen LogP contribution in [0.15, 0.2) is 65.8 Å². The number of carbonyl (C=O) groups excluding carboxylic acids is 1. The summed E-state index contributed by atoms with van der Waals surface area (Å²) in [4.78, 5) is 12.2. The van der Waals surface area contributed by atoms with E-state index in [4.69, 9.17) is 9.47 Å². The van der Waals surface area contributed by atoms with Crippen molar-refractivity contribution in [2.24, 2.45) is 5.10 Å². The van der Waals surface area contributed by atoms with Gasteiger partial charge in [0.15, 0.2) is 0 Å².